The molecule has 7 heteroatoms. The summed E-state index contributed by atoms with van der Waals surface area (Å²) in [4.78, 5) is 30.0. The third kappa shape index (κ3) is 3.63. The van der Waals surface area contributed by atoms with Crippen LogP contribution < -0.4 is 10.6 Å². The number of carboxylic acids is 1. The quantitative estimate of drug-likeness (QED) is 0.711. The Morgan fingerprint density at radius 2 is 1.89 bits per heavy atom. The van der Waals surface area contributed by atoms with E-state index in [4.69, 9.17) is 5.11 Å². The first kappa shape index (κ1) is 12.7. The van der Waals surface area contributed by atoms with Crippen LogP contribution in [0.4, 0.5) is 5.82 Å². The number of anilines is 1. The standard InChI is InChI=1S/C12H12N4O3/c17-11(15-7-12(18)19)6-14-10-5-13-8-3-1-2-4-9(8)16-10/h1-5H,6-7H2,(H,14,16)(H,15,17)(H,18,19). The molecule has 98 valence electrons. The van der Waals surface area contributed by atoms with Crippen LogP contribution in [0.2, 0.25) is 0 Å². The first-order valence-electron chi connectivity index (χ1n) is 5.59. The van der Waals surface area contributed by atoms with E-state index in [-0.39, 0.29) is 6.54 Å². The van der Waals surface area contributed by atoms with Crippen molar-refractivity contribution in [2.24, 2.45) is 0 Å². The molecular formula is C12H12N4O3. The van der Waals surface area contributed by atoms with Crippen LogP contribution in [0.25, 0.3) is 11.0 Å². The van der Waals surface area contributed by atoms with Crippen LogP contribution >= 0.6 is 0 Å². The second-order valence-corrected chi connectivity index (χ2v) is 3.77. The SMILES string of the molecule is O=C(O)CNC(=O)CNc1cnc2ccccc2n1. The maximum atomic E-state index is 11.3. The number of fused-ring (bicyclic) bond motifs is 1. The molecule has 0 unspecified atom stereocenters. The van der Waals surface area contributed by atoms with Gasteiger partial charge in [-0.05, 0) is 12.1 Å². The average molecular weight is 260 g/mol. The number of hydrogen-bond donors (Lipinski definition) is 3. The van der Waals surface area contributed by atoms with Gasteiger partial charge in [-0.25, -0.2) is 4.98 Å². The molecule has 0 aliphatic heterocycles. The van der Waals surface area contributed by atoms with Crippen LogP contribution in [0.5, 0.6) is 0 Å². The molecule has 3 N–H and O–H groups in total. The molecule has 0 aliphatic carbocycles. The lowest BCUT2D eigenvalue weighted by Crippen LogP contribution is -2.33. The Labute approximate surface area is 108 Å². The number of nitrogens with one attached hydrogen (secondary N) is 2. The summed E-state index contributed by atoms with van der Waals surface area (Å²) in [5.41, 5.74) is 1.49. The average Bonchev–Trinajstić information content (AvgIpc) is 2.42. The highest BCUT2D eigenvalue weighted by atomic mass is 16.4. The third-order valence-corrected chi connectivity index (χ3v) is 2.32. The maximum absolute atomic E-state index is 11.3. The van der Waals surface area contributed by atoms with Gasteiger partial charge in [0.2, 0.25) is 5.91 Å². The van der Waals surface area contributed by atoms with Crippen molar-refractivity contribution in [3.63, 3.8) is 0 Å². The molecule has 0 saturated heterocycles. The second-order valence-electron chi connectivity index (χ2n) is 3.77. The first-order chi connectivity index (χ1) is 9.15. The minimum Gasteiger partial charge on any atom is -0.480 e. The number of carboxylic acid groups (broad SMARTS) is 1. The Morgan fingerprint density at radius 3 is 2.63 bits per heavy atom. The van der Waals surface area contributed by atoms with E-state index in [1.165, 1.54) is 6.20 Å². The summed E-state index contributed by atoms with van der Waals surface area (Å²) in [6.45, 7) is -0.454. The molecule has 0 radical (unpaired) electrons. The molecule has 0 fully saturated rings. The fraction of sp³-hybridized carbons (Fsp3) is 0.167. The lowest BCUT2D eigenvalue weighted by atomic mass is 10.3. The minimum absolute atomic E-state index is 0.0553. The first-order valence-corrected chi connectivity index (χ1v) is 5.59. The third-order valence-electron chi connectivity index (χ3n) is 2.32. The van der Waals surface area contributed by atoms with E-state index in [0.717, 1.165) is 11.0 Å². The highest BCUT2D eigenvalue weighted by molar-refractivity contribution is 5.84. The molecule has 0 spiro atoms. The molecule has 1 aromatic carbocycles. The van der Waals surface area contributed by atoms with E-state index >= 15 is 0 Å². The number of aromatic nitrogens is 2. The molecule has 0 bridgehead atoms. The zero-order valence-corrected chi connectivity index (χ0v) is 9.96. The molecule has 0 atom stereocenters. The van der Waals surface area contributed by atoms with Crippen LogP contribution in [0.15, 0.2) is 30.5 Å². The van der Waals surface area contributed by atoms with Crippen molar-refractivity contribution in [3.8, 4) is 0 Å². The van der Waals surface area contributed by atoms with Crippen molar-refractivity contribution in [2.75, 3.05) is 18.4 Å². The van der Waals surface area contributed by atoms with Crippen molar-refractivity contribution in [2.45, 2.75) is 0 Å². The number of carbonyl (C=O) groups excluding carboxylic acids is 1. The number of hydrogen-bond acceptors (Lipinski definition) is 5. The Hall–Kier alpha value is -2.70. The Bertz CT molecular complexity index is 615. The molecule has 0 saturated carbocycles. The summed E-state index contributed by atoms with van der Waals surface area (Å²) < 4.78 is 0. The van der Waals surface area contributed by atoms with Crippen LogP contribution in [-0.2, 0) is 9.59 Å². The number of rotatable bonds is 5. The van der Waals surface area contributed by atoms with Gasteiger partial charge in [-0.2, -0.15) is 0 Å². The van der Waals surface area contributed by atoms with Gasteiger partial charge in [0.1, 0.15) is 12.4 Å². The van der Waals surface area contributed by atoms with Crippen LogP contribution in [0.3, 0.4) is 0 Å². The second kappa shape index (κ2) is 5.76. The normalized spacial score (nSPS) is 10.1. The van der Waals surface area contributed by atoms with Crippen LogP contribution in [-0.4, -0.2) is 40.0 Å². The fourth-order valence-electron chi connectivity index (χ4n) is 1.45. The molecule has 7 nitrogen and oxygen atoms in total. The van der Waals surface area contributed by atoms with E-state index in [9.17, 15) is 9.59 Å². The zero-order chi connectivity index (χ0) is 13.7. The summed E-state index contributed by atoms with van der Waals surface area (Å²) in [5.74, 6) is -1.04. The highest BCUT2D eigenvalue weighted by Gasteiger charge is 2.04. The highest BCUT2D eigenvalue weighted by Crippen LogP contribution is 2.10. The van der Waals surface area contributed by atoms with E-state index in [1.807, 2.05) is 24.3 Å². The van der Waals surface area contributed by atoms with Gasteiger partial charge in [0.15, 0.2) is 0 Å². The largest absolute Gasteiger partial charge is 0.480 e. The number of amides is 1. The molecule has 1 amide bonds. The Kier molecular flexibility index (Phi) is 3.87. The van der Waals surface area contributed by atoms with Gasteiger partial charge in [-0.1, -0.05) is 12.1 Å². The topological polar surface area (TPSA) is 104 Å². The van der Waals surface area contributed by atoms with Gasteiger partial charge < -0.3 is 15.7 Å². The van der Waals surface area contributed by atoms with E-state index in [2.05, 4.69) is 20.6 Å². The van der Waals surface area contributed by atoms with Crippen molar-refractivity contribution in [3.05, 3.63) is 30.5 Å². The molecule has 2 rings (SSSR count). The van der Waals surface area contributed by atoms with E-state index < -0.39 is 18.4 Å². The molecule has 2 aromatic rings. The predicted molar refractivity (Wildman–Crippen MR) is 68.7 cm³/mol. The van der Waals surface area contributed by atoms with Crippen molar-refractivity contribution in [1.29, 1.82) is 0 Å². The molecular weight excluding hydrogens is 248 g/mol. The van der Waals surface area contributed by atoms with Crippen molar-refractivity contribution >= 4 is 28.7 Å². The predicted octanol–water partition coefficient (Wildman–Crippen LogP) is 0.242. The number of benzene rings is 1. The van der Waals surface area contributed by atoms with Gasteiger partial charge in [-0.3, -0.25) is 14.6 Å². The number of aliphatic carboxylic acids is 1. The summed E-state index contributed by atoms with van der Waals surface area (Å²) >= 11 is 0. The number of carbonyl (C=O) groups is 2. The summed E-state index contributed by atoms with van der Waals surface area (Å²) in [6.07, 6.45) is 1.52. The molecule has 1 heterocycles. The Balaban J connectivity index is 1.94. The monoisotopic (exact) mass is 260 g/mol. The molecule has 1 aromatic heterocycles. The lowest BCUT2D eigenvalue weighted by molar-refractivity contribution is -0.137. The summed E-state index contributed by atoms with van der Waals surface area (Å²) in [7, 11) is 0. The smallest absolute Gasteiger partial charge is 0.322 e. The zero-order valence-electron chi connectivity index (χ0n) is 9.96. The van der Waals surface area contributed by atoms with E-state index in [1.54, 1.807) is 0 Å². The van der Waals surface area contributed by atoms with E-state index in [0.29, 0.717) is 5.82 Å². The molecule has 0 aliphatic rings. The maximum Gasteiger partial charge on any atom is 0.322 e. The van der Waals surface area contributed by atoms with Crippen LogP contribution in [0, 0.1) is 0 Å². The number of nitrogens with zero attached hydrogens (tertiary/aromatic N) is 2. The van der Waals surface area contributed by atoms with Crippen molar-refractivity contribution in [1.82, 2.24) is 15.3 Å². The van der Waals surface area contributed by atoms with Crippen LogP contribution in [0.1, 0.15) is 0 Å². The van der Waals surface area contributed by atoms with Gasteiger partial charge >= 0.3 is 5.97 Å². The molecule has 19 heavy (non-hydrogen) atoms. The Morgan fingerprint density at radius 1 is 1.16 bits per heavy atom. The summed E-state index contributed by atoms with van der Waals surface area (Å²) in [5, 5.41) is 13.4. The van der Waals surface area contributed by atoms with Gasteiger partial charge in [0.05, 0.1) is 23.8 Å². The summed E-state index contributed by atoms with van der Waals surface area (Å²) in [6, 6.07) is 7.37. The fourth-order valence-corrected chi connectivity index (χ4v) is 1.45. The van der Waals surface area contributed by atoms with Gasteiger partial charge in [-0.15, -0.1) is 0 Å². The van der Waals surface area contributed by atoms with Gasteiger partial charge in [0.25, 0.3) is 0 Å². The lowest BCUT2D eigenvalue weighted by Gasteiger charge is -2.06. The number of para-hydroxylation sites is 2. The van der Waals surface area contributed by atoms with Gasteiger partial charge in [0, 0.05) is 0 Å². The minimum atomic E-state index is -1.08. The van der Waals surface area contributed by atoms with Crippen molar-refractivity contribution < 1.29 is 14.7 Å².